The summed E-state index contributed by atoms with van der Waals surface area (Å²) in [5.41, 5.74) is 2.41. The molecule has 0 saturated carbocycles. The van der Waals surface area contributed by atoms with Crippen LogP contribution in [0.15, 0.2) is 22.2 Å². The number of thiophene rings is 1. The first-order valence-corrected chi connectivity index (χ1v) is 7.65. The topological polar surface area (TPSA) is 12.9 Å². The fraction of sp³-hybridized carbons (Fsp3) is 0.462. The van der Waals surface area contributed by atoms with Gasteiger partial charge >= 0.3 is 0 Å². The van der Waals surface area contributed by atoms with Crippen LogP contribution >= 0.6 is 22.7 Å². The third-order valence-corrected chi connectivity index (χ3v) is 4.51. The molecule has 0 aliphatic heterocycles. The van der Waals surface area contributed by atoms with E-state index >= 15 is 0 Å². The third kappa shape index (κ3) is 2.53. The molecule has 0 aliphatic carbocycles. The predicted molar refractivity (Wildman–Crippen MR) is 73.4 cm³/mol. The van der Waals surface area contributed by atoms with Crippen molar-refractivity contribution in [3.05, 3.63) is 27.2 Å². The van der Waals surface area contributed by atoms with Crippen LogP contribution in [0, 0.1) is 0 Å². The summed E-state index contributed by atoms with van der Waals surface area (Å²) in [6, 6.07) is 2.14. The van der Waals surface area contributed by atoms with E-state index in [0.29, 0.717) is 5.92 Å². The van der Waals surface area contributed by atoms with E-state index in [1.807, 2.05) is 11.3 Å². The van der Waals surface area contributed by atoms with Crippen molar-refractivity contribution in [2.75, 3.05) is 0 Å². The second-order valence-electron chi connectivity index (χ2n) is 3.98. The first-order valence-electron chi connectivity index (χ1n) is 5.83. The number of nitrogens with zero attached hydrogens (tertiary/aromatic N) is 1. The van der Waals surface area contributed by atoms with E-state index in [0.717, 1.165) is 5.69 Å². The van der Waals surface area contributed by atoms with Gasteiger partial charge in [-0.3, -0.25) is 0 Å². The summed E-state index contributed by atoms with van der Waals surface area (Å²) < 4.78 is 0. The molecular weight excluding hydrogens is 234 g/mol. The quantitative estimate of drug-likeness (QED) is 0.714. The maximum absolute atomic E-state index is 4.77. The zero-order valence-electron chi connectivity index (χ0n) is 9.77. The Morgan fingerprint density at radius 1 is 1.31 bits per heavy atom. The van der Waals surface area contributed by atoms with E-state index in [2.05, 4.69) is 36.1 Å². The third-order valence-electron chi connectivity index (χ3n) is 2.82. The molecule has 86 valence electrons. The van der Waals surface area contributed by atoms with Gasteiger partial charge < -0.3 is 0 Å². The predicted octanol–water partition coefficient (Wildman–Crippen LogP) is 5.17. The van der Waals surface area contributed by atoms with Crippen LogP contribution in [0.1, 0.15) is 44.0 Å². The van der Waals surface area contributed by atoms with Crippen LogP contribution in [0.25, 0.3) is 11.3 Å². The van der Waals surface area contributed by atoms with Gasteiger partial charge in [0.15, 0.2) is 0 Å². The van der Waals surface area contributed by atoms with Gasteiger partial charge in [0.25, 0.3) is 0 Å². The first-order chi connectivity index (χ1) is 7.85. The smallest absolute Gasteiger partial charge is 0.0963 e. The zero-order valence-corrected chi connectivity index (χ0v) is 11.4. The Labute approximate surface area is 105 Å². The highest BCUT2D eigenvalue weighted by Crippen LogP contribution is 2.31. The monoisotopic (exact) mass is 251 g/mol. The minimum Gasteiger partial charge on any atom is -0.241 e. The molecule has 0 radical (unpaired) electrons. The van der Waals surface area contributed by atoms with Crippen molar-refractivity contribution in [1.29, 1.82) is 0 Å². The lowest BCUT2D eigenvalue weighted by Crippen LogP contribution is -1.95. The number of rotatable bonds is 5. The molecule has 3 heteroatoms. The van der Waals surface area contributed by atoms with Gasteiger partial charge in [0.1, 0.15) is 0 Å². The second kappa shape index (κ2) is 5.60. The molecule has 0 bridgehead atoms. The van der Waals surface area contributed by atoms with E-state index in [1.165, 1.54) is 29.8 Å². The van der Waals surface area contributed by atoms with Crippen molar-refractivity contribution in [3.63, 3.8) is 0 Å². The number of hydrogen-bond acceptors (Lipinski definition) is 3. The lowest BCUT2D eigenvalue weighted by molar-refractivity contribution is 0.593. The van der Waals surface area contributed by atoms with Gasteiger partial charge in [0.2, 0.25) is 0 Å². The zero-order chi connectivity index (χ0) is 11.4. The molecule has 0 N–H and O–H groups in total. The molecule has 2 aromatic rings. The maximum atomic E-state index is 4.77. The van der Waals surface area contributed by atoms with Gasteiger partial charge in [0, 0.05) is 22.2 Å². The molecule has 2 rings (SSSR count). The van der Waals surface area contributed by atoms with E-state index < -0.39 is 0 Å². The number of hydrogen-bond donors (Lipinski definition) is 0. The minimum atomic E-state index is 0.655. The van der Waals surface area contributed by atoms with E-state index in [-0.39, 0.29) is 0 Å². The maximum Gasteiger partial charge on any atom is 0.0963 e. The molecule has 0 saturated heterocycles. The van der Waals surface area contributed by atoms with Crippen molar-refractivity contribution >= 4 is 22.7 Å². The summed E-state index contributed by atoms with van der Waals surface area (Å²) in [5, 5.41) is 7.78. The Morgan fingerprint density at radius 2 is 2.19 bits per heavy atom. The molecule has 16 heavy (non-hydrogen) atoms. The number of aromatic nitrogens is 1. The van der Waals surface area contributed by atoms with Crippen LogP contribution in [0.3, 0.4) is 0 Å². The fourth-order valence-corrected chi connectivity index (χ4v) is 3.57. The summed E-state index contributed by atoms with van der Waals surface area (Å²) in [6.07, 6.45) is 3.70. The van der Waals surface area contributed by atoms with Crippen molar-refractivity contribution in [1.82, 2.24) is 4.98 Å². The minimum absolute atomic E-state index is 0.655. The van der Waals surface area contributed by atoms with Crippen molar-refractivity contribution in [2.24, 2.45) is 0 Å². The van der Waals surface area contributed by atoms with Crippen LogP contribution in [0.4, 0.5) is 0 Å². The lowest BCUT2D eigenvalue weighted by Gasteiger charge is -2.09. The second-order valence-corrected chi connectivity index (χ2v) is 5.65. The summed E-state index contributed by atoms with van der Waals surface area (Å²) >= 11 is 3.55. The number of thiazole rings is 1. The van der Waals surface area contributed by atoms with Crippen LogP contribution in [0.2, 0.25) is 0 Å². The largest absolute Gasteiger partial charge is 0.241 e. The molecule has 2 heterocycles. The highest BCUT2D eigenvalue weighted by molar-refractivity contribution is 7.10. The summed E-state index contributed by atoms with van der Waals surface area (Å²) in [4.78, 5) is 4.77. The highest BCUT2D eigenvalue weighted by atomic mass is 32.1. The Bertz CT molecular complexity index is 417. The van der Waals surface area contributed by atoms with Crippen molar-refractivity contribution in [2.45, 2.75) is 39.0 Å². The van der Waals surface area contributed by atoms with Gasteiger partial charge in [-0.25, -0.2) is 4.98 Å². The lowest BCUT2D eigenvalue weighted by atomic mass is 10.0. The first kappa shape index (κ1) is 11.8. The van der Waals surface area contributed by atoms with Crippen LogP contribution in [-0.4, -0.2) is 4.98 Å². The summed E-state index contributed by atoms with van der Waals surface area (Å²) in [6.45, 7) is 4.50. The summed E-state index contributed by atoms with van der Waals surface area (Å²) in [5.74, 6) is 0.655. The molecular formula is C13H17NS2. The Kier molecular flexibility index (Phi) is 4.13. The van der Waals surface area contributed by atoms with Crippen LogP contribution in [0.5, 0.6) is 0 Å². The molecule has 0 fully saturated rings. The highest BCUT2D eigenvalue weighted by Gasteiger charge is 2.13. The van der Waals surface area contributed by atoms with Crippen molar-refractivity contribution in [3.8, 4) is 11.3 Å². The van der Waals surface area contributed by atoms with Crippen molar-refractivity contribution < 1.29 is 0 Å². The normalized spacial score (nSPS) is 12.9. The Balaban J connectivity index is 2.18. The molecule has 0 spiro atoms. The molecule has 0 aromatic carbocycles. The Hall–Kier alpha value is -0.670. The summed E-state index contributed by atoms with van der Waals surface area (Å²) in [7, 11) is 0. The molecule has 1 unspecified atom stereocenters. The molecule has 1 atom stereocenters. The molecule has 0 amide bonds. The Morgan fingerprint density at radius 3 is 2.81 bits per heavy atom. The molecule has 0 aliphatic rings. The van der Waals surface area contributed by atoms with Gasteiger partial charge in [-0.15, -0.1) is 11.3 Å². The van der Waals surface area contributed by atoms with E-state index in [1.54, 1.807) is 11.3 Å². The van der Waals surface area contributed by atoms with Gasteiger partial charge in [-0.2, -0.15) is 11.3 Å². The SMILES string of the molecule is CCCC(CC)c1nc(-c2ccsc2)cs1. The molecule has 1 nitrogen and oxygen atoms in total. The van der Waals surface area contributed by atoms with Crippen LogP contribution < -0.4 is 0 Å². The van der Waals surface area contributed by atoms with Crippen LogP contribution in [-0.2, 0) is 0 Å². The van der Waals surface area contributed by atoms with Gasteiger partial charge in [-0.1, -0.05) is 20.3 Å². The van der Waals surface area contributed by atoms with E-state index in [9.17, 15) is 0 Å². The van der Waals surface area contributed by atoms with Gasteiger partial charge in [0.05, 0.1) is 10.7 Å². The average Bonchev–Trinajstić information content (AvgIpc) is 2.95. The standard InChI is InChI=1S/C13H17NS2/c1-3-5-10(4-2)13-14-12(9-16-13)11-6-7-15-8-11/h6-10H,3-5H2,1-2H3. The average molecular weight is 251 g/mol. The molecule has 2 aromatic heterocycles. The fourth-order valence-electron chi connectivity index (χ4n) is 1.87. The van der Waals surface area contributed by atoms with E-state index in [4.69, 9.17) is 4.98 Å². The van der Waals surface area contributed by atoms with Gasteiger partial charge in [-0.05, 0) is 24.3 Å².